The van der Waals surface area contributed by atoms with Crippen LogP contribution in [-0.2, 0) is 13.0 Å². The summed E-state index contributed by atoms with van der Waals surface area (Å²) in [5, 5.41) is 0.731. The standard InChI is InChI=1S/C14H20ClN3/c1-3-7-18-13-6-5-10(15)8-12(13)17-14(18)9-11(16)4-2/h5-6,8,11H,3-4,7,9,16H2,1-2H3. The lowest BCUT2D eigenvalue weighted by Crippen LogP contribution is -2.23. The Bertz CT molecular complexity index is 533. The Hall–Kier alpha value is -1.06. The number of rotatable bonds is 5. The van der Waals surface area contributed by atoms with E-state index in [0.717, 1.165) is 47.7 Å². The molecule has 2 N–H and O–H groups in total. The Morgan fingerprint density at radius 1 is 1.39 bits per heavy atom. The number of fused-ring (bicyclic) bond motifs is 1. The van der Waals surface area contributed by atoms with Crippen molar-refractivity contribution in [3.05, 3.63) is 29.0 Å². The Kier molecular flexibility index (Phi) is 4.25. The summed E-state index contributed by atoms with van der Waals surface area (Å²) in [6.07, 6.45) is 2.88. The van der Waals surface area contributed by atoms with Crippen molar-refractivity contribution in [2.24, 2.45) is 5.73 Å². The molecule has 1 atom stereocenters. The molecule has 0 bridgehead atoms. The Balaban J connectivity index is 2.46. The fourth-order valence-corrected chi connectivity index (χ4v) is 2.33. The van der Waals surface area contributed by atoms with Crippen molar-refractivity contribution in [3.8, 4) is 0 Å². The van der Waals surface area contributed by atoms with Crippen LogP contribution in [0, 0.1) is 0 Å². The minimum Gasteiger partial charge on any atom is -0.328 e. The first-order valence-corrected chi connectivity index (χ1v) is 6.93. The molecule has 1 aromatic carbocycles. The van der Waals surface area contributed by atoms with Gasteiger partial charge >= 0.3 is 0 Å². The highest BCUT2D eigenvalue weighted by Crippen LogP contribution is 2.21. The maximum Gasteiger partial charge on any atom is 0.111 e. The van der Waals surface area contributed by atoms with Crippen molar-refractivity contribution in [1.29, 1.82) is 0 Å². The predicted octanol–water partition coefficient (Wildman–Crippen LogP) is 3.38. The van der Waals surface area contributed by atoms with Crippen molar-refractivity contribution in [2.45, 2.75) is 45.7 Å². The third kappa shape index (κ3) is 2.68. The van der Waals surface area contributed by atoms with E-state index in [1.807, 2.05) is 18.2 Å². The van der Waals surface area contributed by atoms with Gasteiger partial charge in [-0.1, -0.05) is 25.4 Å². The lowest BCUT2D eigenvalue weighted by Gasteiger charge is -2.11. The van der Waals surface area contributed by atoms with Crippen molar-refractivity contribution in [3.63, 3.8) is 0 Å². The first kappa shape index (κ1) is 13.4. The number of imidazole rings is 1. The third-order valence-electron chi connectivity index (χ3n) is 3.21. The van der Waals surface area contributed by atoms with E-state index >= 15 is 0 Å². The van der Waals surface area contributed by atoms with Crippen molar-refractivity contribution < 1.29 is 0 Å². The number of aromatic nitrogens is 2. The molecule has 0 fully saturated rings. The molecule has 98 valence electrons. The van der Waals surface area contributed by atoms with Crippen LogP contribution in [-0.4, -0.2) is 15.6 Å². The molecule has 1 aromatic heterocycles. The molecule has 0 aliphatic heterocycles. The second-order valence-electron chi connectivity index (χ2n) is 4.69. The van der Waals surface area contributed by atoms with Gasteiger partial charge < -0.3 is 10.3 Å². The van der Waals surface area contributed by atoms with Gasteiger partial charge in [-0.3, -0.25) is 0 Å². The van der Waals surface area contributed by atoms with E-state index in [-0.39, 0.29) is 6.04 Å². The van der Waals surface area contributed by atoms with Crippen LogP contribution in [0.15, 0.2) is 18.2 Å². The van der Waals surface area contributed by atoms with Gasteiger partial charge in [-0.15, -0.1) is 0 Å². The number of nitrogens with two attached hydrogens (primary N) is 1. The van der Waals surface area contributed by atoms with E-state index in [1.165, 1.54) is 0 Å². The van der Waals surface area contributed by atoms with E-state index < -0.39 is 0 Å². The zero-order valence-corrected chi connectivity index (χ0v) is 11.7. The van der Waals surface area contributed by atoms with Crippen LogP contribution < -0.4 is 5.73 Å². The minimum absolute atomic E-state index is 0.174. The Morgan fingerprint density at radius 3 is 2.83 bits per heavy atom. The summed E-state index contributed by atoms with van der Waals surface area (Å²) in [5.41, 5.74) is 8.16. The lowest BCUT2D eigenvalue weighted by atomic mass is 10.1. The van der Waals surface area contributed by atoms with Crippen LogP contribution in [0.2, 0.25) is 5.02 Å². The lowest BCUT2D eigenvalue weighted by molar-refractivity contribution is 0.582. The van der Waals surface area contributed by atoms with Gasteiger partial charge in [0.2, 0.25) is 0 Å². The average Bonchev–Trinajstić information content (AvgIpc) is 2.67. The summed E-state index contributed by atoms with van der Waals surface area (Å²) >= 11 is 6.02. The van der Waals surface area contributed by atoms with Crippen molar-refractivity contribution in [1.82, 2.24) is 9.55 Å². The maximum absolute atomic E-state index is 6.04. The van der Waals surface area contributed by atoms with E-state index in [4.69, 9.17) is 17.3 Å². The molecule has 0 saturated carbocycles. The van der Waals surface area contributed by atoms with Gasteiger partial charge in [-0.2, -0.15) is 0 Å². The number of benzene rings is 1. The highest BCUT2D eigenvalue weighted by molar-refractivity contribution is 6.31. The number of halogens is 1. The summed E-state index contributed by atoms with van der Waals surface area (Å²) in [6, 6.07) is 6.06. The summed E-state index contributed by atoms with van der Waals surface area (Å²) < 4.78 is 2.27. The third-order valence-corrected chi connectivity index (χ3v) is 3.44. The molecular weight excluding hydrogens is 246 g/mol. The largest absolute Gasteiger partial charge is 0.328 e. The quantitative estimate of drug-likeness (QED) is 0.901. The van der Waals surface area contributed by atoms with Crippen LogP contribution in [0.1, 0.15) is 32.5 Å². The molecule has 0 saturated heterocycles. The topological polar surface area (TPSA) is 43.8 Å². The predicted molar refractivity (Wildman–Crippen MR) is 77.0 cm³/mol. The molecule has 0 aliphatic rings. The second-order valence-corrected chi connectivity index (χ2v) is 5.12. The molecule has 0 amide bonds. The van der Waals surface area contributed by atoms with Gasteiger partial charge in [0.05, 0.1) is 11.0 Å². The molecule has 0 radical (unpaired) electrons. The molecule has 18 heavy (non-hydrogen) atoms. The Morgan fingerprint density at radius 2 is 2.17 bits per heavy atom. The monoisotopic (exact) mass is 265 g/mol. The SMILES string of the molecule is CCCn1c(CC(N)CC)nc2cc(Cl)ccc21. The normalized spacial score (nSPS) is 13.1. The van der Waals surface area contributed by atoms with Crippen LogP contribution in [0.5, 0.6) is 0 Å². The fraction of sp³-hybridized carbons (Fsp3) is 0.500. The summed E-state index contributed by atoms with van der Waals surface area (Å²) in [6.45, 7) is 5.25. The van der Waals surface area contributed by atoms with E-state index in [2.05, 4.69) is 23.4 Å². The van der Waals surface area contributed by atoms with Gasteiger partial charge in [0.25, 0.3) is 0 Å². The van der Waals surface area contributed by atoms with Crippen molar-refractivity contribution in [2.75, 3.05) is 0 Å². The molecule has 0 aliphatic carbocycles. The minimum atomic E-state index is 0.174. The zero-order valence-electron chi connectivity index (χ0n) is 11.0. The molecule has 0 spiro atoms. The molecular formula is C14H20ClN3. The van der Waals surface area contributed by atoms with Gasteiger partial charge in [-0.25, -0.2) is 4.98 Å². The molecule has 1 heterocycles. The molecule has 2 aromatic rings. The number of nitrogens with zero attached hydrogens (tertiary/aromatic N) is 2. The molecule has 4 heteroatoms. The van der Waals surface area contributed by atoms with Gasteiger partial charge in [0.1, 0.15) is 5.82 Å². The first-order chi connectivity index (χ1) is 8.65. The van der Waals surface area contributed by atoms with E-state index in [0.29, 0.717) is 0 Å². The molecule has 2 rings (SSSR count). The van der Waals surface area contributed by atoms with Crippen molar-refractivity contribution >= 4 is 22.6 Å². The summed E-state index contributed by atoms with van der Waals surface area (Å²) in [4.78, 5) is 4.68. The number of hydrogen-bond acceptors (Lipinski definition) is 2. The number of hydrogen-bond donors (Lipinski definition) is 1. The van der Waals surface area contributed by atoms with Crippen LogP contribution in [0.3, 0.4) is 0 Å². The second kappa shape index (κ2) is 5.72. The number of aryl methyl sites for hydroxylation is 1. The van der Waals surface area contributed by atoms with Gasteiger partial charge in [0, 0.05) is 24.0 Å². The summed E-state index contributed by atoms with van der Waals surface area (Å²) in [5.74, 6) is 1.07. The van der Waals surface area contributed by atoms with Crippen LogP contribution in [0.25, 0.3) is 11.0 Å². The van der Waals surface area contributed by atoms with E-state index in [1.54, 1.807) is 0 Å². The van der Waals surface area contributed by atoms with Gasteiger partial charge in [-0.05, 0) is 31.0 Å². The summed E-state index contributed by atoms with van der Waals surface area (Å²) in [7, 11) is 0. The Labute approximate surface area is 113 Å². The highest BCUT2D eigenvalue weighted by Gasteiger charge is 2.12. The maximum atomic E-state index is 6.04. The first-order valence-electron chi connectivity index (χ1n) is 6.56. The molecule has 3 nitrogen and oxygen atoms in total. The van der Waals surface area contributed by atoms with E-state index in [9.17, 15) is 0 Å². The molecule has 1 unspecified atom stereocenters. The highest BCUT2D eigenvalue weighted by atomic mass is 35.5. The average molecular weight is 266 g/mol. The van der Waals surface area contributed by atoms with Crippen LogP contribution >= 0.6 is 11.6 Å². The fourth-order valence-electron chi connectivity index (χ4n) is 2.16. The van der Waals surface area contributed by atoms with Gasteiger partial charge in [0.15, 0.2) is 0 Å². The smallest absolute Gasteiger partial charge is 0.111 e. The zero-order chi connectivity index (χ0) is 13.1. The van der Waals surface area contributed by atoms with Crippen LogP contribution in [0.4, 0.5) is 0 Å².